The fourth-order valence-corrected chi connectivity index (χ4v) is 0.981. The van der Waals surface area contributed by atoms with E-state index in [9.17, 15) is 4.79 Å². The highest BCUT2D eigenvalue weighted by Crippen LogP contribution is 2.22. The molecular formula is C7H5Cl3N2O. The standard InChI is InChI=1S/C7H5Cl3N2O/c8-2-7(13)12-6-1-4(9)5(10)3-11-6/h1,3H,2H2,(H,11,12,13). The average Bonchev–Trinajstić information content (AvgIpc) is 2.11. The highest BCUT2D eigenvalue weighted by atomic mass is 35.5. The van der Waals surface area contributed by atoms with Crippen molar-refractivity contribution < 1.29 is 4.79 Å². The molecule has 0 bridgehead atoms. The highest BCUT2D eigenvalue weighted by Gasteiger charge is 2.03. The number of alkyl halides is 1. The van der Waals surface area contributed by atoms with Gasteiger partial charge in [0.05, 0.1) is 10.0 Å². The number of carbonyl (C=O) groups is 1. The van der Waals surface area contributed by atoms with Gasteiger partial charge in [0.25, 0.3) is 0 Å². The molecule has 0 saturated heterocycles. The summed E-state index contributed by atoms with van der Waals surface area (Å²) < 4.78 is 0. The molecule has 3 nitrogen and oxygen atoms in total. The van der Waals surface area contributed by atoms with E-state index >= 15 is 0 Å². The van der Waals surface area contributed by atoms with Crippen molar-refractivity contribution in [3.8, 4) is 0 Å². The van der Waals surface area contributed by atoms with Crippen LogP contribution in [-0.2, 0) is 4.79 Å². The van der Waals surface area contributed by atoms with Gasteiger partial charge in [0.15, 0.2) is 0 Å². The molecular weight excluding hydrogens is 234 g/mol. The fourth-order valence-electron chi connectivity index (χ4n) is 0.659. The van der Waals surface area contributed by atoms with Crippen molar-refractivity contribution in [1.82, 2.24) is 4.98 Å². The minimum absolute atomic E-state index is 0.123. The maximum absolute atomic E-state index is 10.8. The molecule has 0 saturated carbocycles. The van der Waals surface area contributed by atoms with Crippen LogP contribution in [-0.4, -0.2) is 16.8 Å². The Morgan fingerprint density at radius 3 is 2.69 bits per heavy atom. The van der Waals surface area contributed by atoms with Crippen LogP contribution in [0.4, 0.5) is 5.82 Å². The first-order valence-electron chi connectivity index (χ1n) is 3.30. The summed E-state index contributed by atoms with van der Waals surface area (Å²) in [6, 6.07) is 1.45. The molecule has 0 aliphatic heterocycles. The predicted octanol–water partition coefficient (Wildman–Crippen LogP) is 2.57. The predicted molar refractivity (Wildman–Crippen MR) is 53.6 cm³/mol. The molecule has 0 radical (unpaired) electrons. The quantitative estimate of drug-likeness (QED) is 0.806. The first-order chi connectivity index (χ1) is 6.13. The van der Waals surface area contributed by atoms with Gasteiger partial charge in [0.2, 0.25) is 5.91 Å². The van der Waals surface area contributed by atoms with E-state index in [-0.39, 0.29) is 11.8 Å². The summed E-state index contributed by atoms with van der Waals surface area (Å²) in [4.78, 5) is 14.6. The van der Waals surface area contributed by atoms with Crippen LogP contribution in [0, 0.1) is 0 Å². The van der Waals surface area contributed by atoms with Crippen LogP contribution in [0.3, 0.4) is 0 Å². The summed E-state index contributed by atoms with van der Waals surface area (Å²) >= 11 is 16.6. The van der Waals surface area contributed by atoms with E-state index in [1.807, 2.05) is 0 Å². The number of carbonyl (C=O) groups excluding carboxylic acids is 1. The van der Waals surface area contributed by atoms with Crippen LogP contribution in [0.25, 0.3) is 0 Å². The van der Waals surface area contributed by atoms with E-state index in [1.54, 1.807) is 0 Å². The number of pyridine rings is 1. The van der Waals surface area contributed by atoms with Gasteiger partial charge < -0.3 is 5.32 Å². The Balaban J connectivity index is 2.79. The smallest absolute Gasteiger partial charge is 0.240 e. The second kappa shape index (κ2) is 4.65. The summed E-state index contributed by atoms with van der Waals surface area (Å²) in [5, 5.41) is 3.11. The topological polar surface area (TPSA) is 42.0 Å². The number of hydrogen-bond donors (Lipinski definition) is 1. The maximum Gasteiger partial charge on any atom is 0.240 e. The summed E-state index contributed by atoms with van der Waals surface area (Å²) in [6.45, 7) is 0. The zero-order valence-corrected chi connectivity index (χ0v) is 8.62. The number of hydrogen-bond acceptors (Lipinski definition) is 2. The van der Waals surface area contributed by atoms with Crippen LogP contribution in [0.1, 0.15) is 0 Å². The van der Waals surface area contributed by atoms with Crippen LogP contribution in [0.5, 0.6) is 0 Å². The minimum atomic E-state index is -0.340. The number of rotatable bonds is 2. The zero-order valence-electron chi connectivity index (χ0n) is 6.35. The van der Waals surface area contributed by atoms with Crippen LogP contribution in [0.2, 0.25) is 10.0 Å². The van der Waals surface area contributed by atoms with E-state index in [2.05, 4.69) is 10.3 Å². The zero-order chi connectivity index (χ0) is 9.84. The molecule has 0 spiro atoms. The summed E-state index contributed by atoms with van der Waals surface area (Å²) in [5.74, 6) is -0.130. The lowest BCUT2D eigenvalue weighted by Gasteiger charge is -2.02. The van der Waals surface area contributed by atoms with Gasteiger partial charge in [0.1, 0.15) is 11.7 Å². The lowest BCUT2D eigenvalue weighted by molar-refractivity contribution is -0.113. The largest absolute Gasteiger partial charge is 0.310 e. The maximum atomic E-state index is 10.8. The van der Waals surface area contributed by atoms with Crippen LogP contribution >= 0.6 is 34.8 Å². The van der Waals surface area contributed by atoms with Crippen molar-refractivity contribution in [3.05, 3.63) is 22.3 Å². The van der Waals surface area contributed by atoms with E-state index in [1.165, 1.54) is 12.3 Å². The number of nitrogens with one attached hydrogen (secondary N) is 1. The Morgan fingerprint density at radius 1 is 1.46 bits per heavy atom. The van der Waals surface area contributed by atoms with E-state index in [4.69, 9.17) is 34.8 Å². The van der Waals surface area contributed by atoms with E-state index < -0.39 is 0 Å². The molecule has 0 atom stereocenters. The average molecular weight is 239 g/mol. The van der Waals surface area contributed by atoms with Gasteiger partial charge in [-0.25, -0.2) is 4.98 Å². The number of halogens is 3. The van der Waals surface area contributed by atoms with Crippen molar-refractivity contribution in [2.75, 3.05) is 11.2 Å². The highest BCUT2D eigenvalue weighted by molar-refractivity contribution is 6.42. The second-order valence-corrected chi connectivity index (χ2v) is 3.25. The number of anilines is 1. The molecule has 1 amide bonds. The van der Waals surface area contributed by atoms with Gasteiger partial charge in [0, 0.05) is 12.3 Å². The molecule has 70 valence electrons. The molecule has 1 aromatic heterocycles. The molecule has 1 rings (SSSR count). The summed E-state index contributed by atoms with van der Waals surface area (Å²) in [5.41, 5.74) is 0. The van der Waals surface area contributed by atoms with Gasteiger partial charge >= 0.3 is 0 Å². The molecule has 0 aromatic carbocycles. The van der Waals surface area contributed by atoms with E-state index in [0.717, 1.165) is 0 Å². The molecule has 0 fully saturated rings. The van der Waals surface area contributed by atoms with E-state index in [0.29, 0.717) is 15.9 Å². The molecule has 1 heterocycles. The Hall–Kier alpha value is -0.510. The fraction of sp³-hybridized carbons (Fsp3) is 0.143. The Labute approximate surface area is 90.0 Å². The number of amides is 1. The Bertz CT molecular complexity index is 330. The molecule has 0 unspecified atom stereocenters. The van der Waals surface area contributed by atoms with Gasteiger partial charge in [-0.05, 0) is 0 Å². The number of aromatic nitrogens is 1. The van der Waals surface area contributed by atoms with Crippen LogP contribution < -0.4 is 5.32 Å². The SMILES string of the molecule is O=C(CCl)Nc1cc(Cl)c(Cl)cn1. The first-order valence-corrected chi connectivity index (χ1v) is 4.59. The summed E-state index contributed by atoms with van der Waals surface area (Å²) in [7, 11) is 0. The lowest BCUT2D eigenvalue weighted by Crippen LogP contribution is -2.13. The van der Waals surface area contributed by atoms with Crippen molar-refractivity contribution in [2.45, 2.75) is 0 Å². The monoisotopic (exact) mass is 238 g/mol. The second-order valence-electron chi connectivity index (χ2n) is 2.17. The molecule has 0 aliphatic carbocycles. The van der Waals surface area contributed by atoms with Crippen molar-refractivity contribution >= 4 is 46.5 Å². The van der Waals surface area contributed by atoms with Gasteiger partial charge in [-0.1, -0.05) is 23.2 Å². The molecule has 13 heavy (non-hydrogen) atoms. The summed E-state index contributed by atoms with van der Waals surface area (Å²) in [6.07, 6.45) is 1.35. The molecule has 6 heteroatoms. The van der Waals surface area contributed by atoms with Crippen molar-refractivity contribution in [1.29, 1.82) is 0 Å². The third-order valence-corrected chi connectivity index (χ3v) is 2.15. The minimum Gasteiger partial charge on any atom is -0.310 e. The lowest BCUT2D eigenvalue weighted by atomic mass is 10.4. The Kier molecular flexibility index (Phi) is 3.78. The van der Waals surface area contributed by atoms with Gasteiger partial charge in [-0.3, -0.25) is 4.79 Å². The van der Waals surface area contributed by atoms with Crippen molar-refractivity contribution in [3.63, 3.8) is 0 Å². The third-order valence-electron chi connectivity index (χ3n) is 1.20. The van der Waals surface area contributed by atoms with Gasteiger partial charge in [-0.2, -0.15) is 0 Å². The Morgan fingerprint density at radius 2 is 2.15 bits per heavy atom. The third kappa shape index (κ3) is 3.03. The first kappa shape index (κ1) is 10.6. The van der Waals surface area contributed by atoms with Gasteiger partial charge in [-0.15, -0.1) is 11.6 Å². The molecule has 0 aliphatic rings. The van der Waals surface area contributed by atoms with Crippen LogP contribution in [0.15, 0.2) is 12.3 Å². The molecule has 1 N–H and O–H groups in total. The molecule has 1 aromatic rings. The number of nitrogens with zero attached hydrogens (tertiary/aromatic N) is 1. The normalized spacial score (nSPS) is 9.77. The van der Waals surface area contributed by atoms with Crippen molar-refractivity contribution in [2.24, 2.45) is 0 Å².